The van der Waals surface area contributed by atoms with Gasteiger partial charge in [0, 0.05) is 6.92 Å². The minimum Gasteiger partial charge on any atom is -0.486 e. The van der Waals surface area contributed by atoms with Gasteiger partial charge in [-0.25, -0.2) is 0 Å². The molecule has 0 spiro atoms. The minimum atomic E-state index is -0.432. The smallest absolute Gasteiger partial charge is 0.223 e. The Balaban J connectivity index is 0.00000133. The molecule has 2 N–H and O–H groups in total. The Bertz CT molecular complexity index is 573. The number of ether oxygens (including phenoxy) is 2. The Kier molecular flexibility index (Phi) is 3.92. The summed E-state index contributed by atoms with van der Waals surface area (Å²) in [6.45, 7) is 2.85. The molecule has 1 aliphatic rings. The van der Waals surface area contributed by atoms with Crippen molar-refractivity contribution in [3.8, 4) is 11.5 Å². The highest BCUT2D eigenvalue weighted by atomic mass is 35.5. The first kappa shape index (κ1) is 13.6. The van der Waals surface area contributed by atoms with Crippen LogP contribution in [0.2, 0.25) is 0 Å². The van der Waals surface area contributed by atoms with Crippen LogP contribution in [0.1, 0.15) is 23.3 Å². The molecular formula is C12H14ClN3O3. The van der Waals surface area contributed by atoms with E-state index in [-0.39, 0.29) is 12.4 Å². The maximum absolute atomic E-state index is 6.08. The number of halogens is 1. The van der Waals surface area contributed by atoms with E-state index in [2.05, 4.69) is 10.1 Å². The Morgan fingerprint density at radius 2 is 1.95 bits per heavy atom. The number of nitrogens with two attached hydrogens (primary N) is 1. The molecule has 1 unspecified atom stereocenters. The van der Waals surface area contributed by atoms with Crippen molar-refractivity contribution >= 4 is 12.4 Å². The van der Waals surface area contributed by atoms with Crippen molar-refractivity contribution in [2.75, 3.05) is 13.2 Å². The topological polar surface area (TPSA) is 83.4 Å². The van der Waals surface area contributed by atoms with E-state index in [1.165, 1.54) is 0 Å². The zero-order valence-corrected chi connectivity index (χ0v) is 11.1. The summed E-state index contributed by atoms with van der Waals surface area (Å²) in [5.41, 5.74) is 6.94. The van der Waals surface area contributed by atoms with E-state index >= 15 is 0 Å². The third-order valence-electron chi connectivity index (χ3n) is 2.75. The minimum absolute atomic E-state index is 0. The normalized spacial score (nSPS) is 14.6. The molecule has 0 amide bonds. The van der Waals surface area contributed by atoms with Crippen molar-refractivity contribution in [1.29, 1.82) is 0 Å². The zero-order valence-electron chi connectivity index (χ0n) is 10.3. The lowest BCUT2D eigenvalue weighted by Gasteiger charge is -2.19. The molecule has 1 aromatic carbocycles. The summed E-state index contributed by atoms with van der Waals surface area (Å²) in [5, 5.41) is 3.82. The van der Waals surface area contributed by atoms with Gasteiger partial charge in [-0.15, -0.1) is 12.4 Å². The Labute approximate surface area is 116 Å². The fourth-order valence-electron chi connectivity index (χ4n) is 1.84. The van der Waals surface area contributed by atoms with Gasteiger partial charge in [-0.3, -0.25) is 0 Å². The summed E-state index contributed by atoms with van der Waals surface area (Å²) < 4.78 is 15.9. The van der Waals surface area contributed by atoms with Crippen LogP contribution < -0.4 is 15.2 Å². The van der Waals surface area contributed by atoms with Crippen LogP contribution in [0.25, 0.3) is 0 Å². The number of benzene rings is 1. The van der Waals surface area contributed by atoms with Gasteiger partial charge in [-0.2, -0.15) is 4.98 Å². The van der Waals surface area contributed by atoms with Crippen molar-refractivity contribution < 1.29 is 14.0 Å². The zero-order chi connectivity index (χ0) is 12.5. The van der Waals surface area contributed by atoms with Gasteiger partial charge in [0.1, 0.15) is 13.2 Å². The maximum atomic E-state index is 6.08. The average molecular weight is 284 g/mol. The summed E-state index contributed by atoms with van der Waals surface area (Å²) >= 11 is 0. The lowest BCUT2D eigenvalue weighted by Crippen LogP contribution is -2.17. The van der Waals surface area contributed by atoms with Crippen LogP contribution in [0.5, 0.6) is 11.5 Å². The predicted octanol–water partition coefficient (Wildman–Crippen LogP) is 1.62. The molecule has 6 nitrogen and oxygen atoms in total. The molecule has 2 heterocycles. The first-order valence-corrected chi connectivity index (χ1v) is 5.69. The van der Waals surface area contributed by atoms with Crippen LogP contribution in [0.4, 0.5) is 0 Å². The third kappa shape index (κ3) is 2.64. The Morgan fingerprint density at radius 3 is 2.63 bits per heavy atom. The van der Waals surface area contributed by atoms with E-state index in [9.17, 15) is 0 Å². The molecule has 0 aliphatic carbocycles. The maximum Gasteiger partial charge on any atom is 0.223 e. The number of fused-ring (bicyclic) bond motifs is 1. The number of rotatable bonds is 2. The third-order valence-corrected chi connectivity index (χ3v) is 2.75. The standard InChI is InChI=1S/C12H13N3O3.ClH/c1-7-14-12(15-18-7)11(13)8-2-3-9-10(6-8)17-5-4-16-9;/h2-3,6,11H,4-5,13H2,1H3;1H. The number of aryl methyl sites for hydroxylation is 1. The fourth-order valence-corrected chi connectivity index (χ4v) is 1.84. The molecule has 102 valence electrons. The molecule has 2 aromatic rings. The molecule has 19 heavy (non-hydrogen) atoms. The number of aromatic nitrogens is 2. The number of hydrogen-bond donors (Lipinski definition) is 1. The quantitative estimate of drug-likeness (QED) is 0.902. The monoisotopic (exact) mass is 283 g/mol. The van der Waals surface area contributed by atoms with E-state index in [0.29, 0.717) is 30.7 Å². The summed E-state index contributed by atoms with van der Waals surface area (Å²) in [7, 11) is 0. The average Bonchev–Trinajstić information content (AvgIpc) is 2.84. The van der Waals surface area contributed by atoms with Crippen LogP contribution in [0, 0.1) is 6.92 Å². The van der Waals surface area contributed by atoms with Crippen LogP contribution >= 0.6 is 12.4 Å². The van der Waals surface area contributed by atoms with Crippen molar-refractivity contribution in [3.63, 3.8) is 0 Å². The molecule has 3 rings (SSSR count). The van der Waals surface area contributed by atoms with Gasteiger partial charge in [0.25, 0.3) is 0 Å². The molecule has 0 fully saturated rings. The Morgan fingerprint density at radius 1 is 1.21 bits per heavy atom. The molecule has 0 saturated heterocycles. The van der Waals surface area contributed by atoms with Crippen LogP contribution in [-0.4, -0.2) is 23.4 Å². The molecule has 7 heteroatoms. The molecular weight excluding hydrogens is 270 g/mol. The fraction of sp³-hybridized carbons (Fsp3) is 0.333. The lowest BCUT2D eigenvalue weighted by molar-refractivity contribution is 0.171. The highest BCUT2D eigenvalue weighted by Gasteiger charge is 2.18. The highest BCUT2D eigenvalue weighted by molar-refractivity contribution is 5.85. The van der Waals surface area contributed by atoms with Crippen LogP contribution in [0.15, 0.2) is 22.7 Å². The van der Waals surface area contributed by atoms with E-state index in [4.69, 9.17) is 19.7 Å². The van der Waals surface area contributed by atoms with Crippen molar-refractivity contribution in [2.45, 2.75) is 13.0 Å². The van der Waals surface area contributed by atoms with Gasteiger partial charge in [-0.1, -0.05) is 11.2 Å². The first-order chi connectivity index (χ1) is 8.74. The number of hydrogen-bond acceptors (Lipinski definition) is 6. The summed E-state index contributed by atoms with van der Waals surface area (Å²) in [5.74, 6) is 2.40. The van der Waals surface area contributed by atoms with E-state index in [1.807, 2.05) is 18.2 Å². The van der Waals surface area contributed by atoms with Gasteiger partial charge in [0.2, 0.25) is 5.89 Å². The van der Waals surface area contributed by atoms with E-state index in [0.717, 1.165) is 11.3 Å². The summed E-state index contributed by atoms with van der Waals surface area (Å²) in [6.07, 6.45) is 0. The van der Waals surface area contributed by atoms with Gasteiger partial charge < -0.3 is 19.7 Å². The predicted molar refractivity (Wildman–Crippen MR) is 69.7 cm³/mol. The second-order valence-corrected chi connectivity index (χ2v) is 4.05. The van der Waals surface area contributed by atoms with Gasteiger partial charge in [-0.05, 0) is 17.7 Å². The second kappa shape index (κ2) is 5.46. The van der Waals surface area contributed by atoms with Crippen LogP contribution in [-0.2, 0) is 0 Å². The largest absolute Gasteiger partial charge is 0.486 e. The van der Waals surface area contributed by atoms with Gasteiger partial charge in [0.05, 0.1) is 6.04 Å². The van der Waals surface area contributed by atoms with Crippen molar-refractivity contribution in [3.05, 3.63) is 35.5 Å². The summed E-state index contributed by atoms with van der Waals surface area (Å²) in [4.78, 5) is 4.12. The van der Waals surface area contributed by atoms with Gasteiger partial charge in [0.15, 0.2) is 17.3 Å². The molecule has 1 atom stereocenters. The van der Waals surface area contributed by atoms with Crippen molar-refractivity contribution in [1.82, 2.24) is 10.1 Å². The van der Waals surface area contributed by atoms with E-state index < -0.39 is 6.04 Å². The van der Waals surface area contributed by atoms with Crippen molar-refractivity contribution in [2.24, 2.45) is 5.73 Å². The van der Waals surface area contributed by atoms with E-state index in [1.54, 1.807) is 6.92 Å². The number of nitrogens with zero attached hydrogens (tertiary/aromatic N) is 2. The first-order valence-electron chi connectivity index (χ1n) is 5.69. The second-order valence-electron chi connectivity index (χ2n) is 4.05. The molecule has 1 aliphatic heterocycles. The molecule has 0 saturated carbocycles. The lowest BCUT2D eigenvalue weighted by atomic mass is 10.1. The highest BCUT2D eigenvalue weighted by Crippen LogP contribution is 2.33. The SMILES string of the molecule is Cc1nc(C(N)c2ccc3c(c2)OCCO3)no1.Cl. The molecule has 0 radical (unpaired) electrons. The Hall–Kier alpha value is -1.79. The molecule has 0 bridgehead atoms. The summed E-state index contributed by atoms with van der Waals surface area (Å²) in [6, 6.07) is 5.14. The van der Waals surface area contributed by atoms with Crippen LogP contribution in [0.3, 0.4) is 0 Å². The molecule has 1 aromatic heterocycles. The van der Waals surface area contributed by atoms with Gasteiger partial charge >= 0.3 is 0 Å².